The molecule has 0 saturated heterocycles. The van der Waals surface area contributed by atoms with E-state index in [2.05, 4.69) is 21.6 Å². The van der Waals surface area contributed by atoms with Crippen LogP contribution in [-0.4, -0.2) is 41.9 Å². The molecule has 3 N–H and O–H groups in total. The Morgan fingerprint density at radius 3 is 2.60 bits per heavy atom. The van der Waals surface area contributed by atoms with Crippen LogP contribution in [0.1, 0.15) is 43.7 Å². The SMILES string of the molecule is COc1ccc(OC)c(NC(=O)CSc2nnc(N3C(N)=C(C#N)C(c4ccc(C)cc4)C4=C3CC(C)(C)CC4=O)s2)c1. The smallest absolute Gasteiger partial charge is 0.234 e. The molecule has 1 aliphatic heterocycles. The second kappa shape index (κ2) is 12.1. The monoisotopic (exact) mass is 616 g/mol. The first-order chi connectivity index (χ1) is 20.5. The van der Waals surface area contributed by atoms with Gasteiger partial charge in [0.15, 0.2) is 10.1 Å². The zero-order valence-electron chi connectivity index (χ0n) is 24.6. The lowest BCUT2D eigenvalue weighted by Gasteiger charge is -2.42. The number of thioether (sulfide) groups is 1. The summed E-state index contributed by atoms with van der Waals surface area (Å²) in [4.78, 5) is 28.2. The van der Waals surface area contributed by atoms with Crippen LogP contribution in [0.5, 0.6) is 11.5 Å². The fourth-order valence-corrected chi connectivity index (χ4v) is 7.08. The molecule has 2 aromatic carbocycles. The first-order valence-electron chi connectivity index (χ1n) is 13.6. The molecule has 1 unspecified atom stereocenters. The molecule has 2 aliphatic rings. The van der Waals surface area contributed by atoms with Crippen molar-refractivity contribution in [1.29, 1.82) is 5.26 Å². The Bertz CT molecular complexity index is 1690. The van der Waals surface area contributed by atoms with Crippen molar-refractivity contribution in [2.24, 2.45) is 11.1 Å². The second-order valence-electron chi connectivity index (χ2n) is 11.1. The molecule has 43 heavy (non-hydrogen) atoms. The average molecular weight is 617 g/mol. The summed E-state index contributed by atoms with van der Waals surface area (Å²) in [6.45, 7) is 6.08. The maximum Gasteiger partial charge on any atom is 0.234 e. The summed E-state index contributed by atoms with van der Waals surface area (Å²) in [5, 5.41) is 22.2. The Labute approximate surface area is 258 Å². The van der Waals surface area contributed by atoms with Crippen molar-refractivity contribution >= 4 is 45.6 Å². The third-order valence-corrected chi connectivity index (χ3v) is 9.43. The van der Waals surface area contributed by atoms with Crippen molar-refractivity contribution < 1.29 is 19.1 Å². The summed E-state index contributed by atoms with van der Waals surface area (Å²) in [5.41, 5.74) is 10.4. The Hall–Kier alpha value is -4.34. The van der Waals surface area contributed by atoms with Gasteiger partial charge in [-0.2, -0.15) is 5.26 Å². The number of nitrogens with one attached hydrogen (secondary N) is 1. The van der Waals surface area contributed by atoms with Crippen LogP contribution in [0, 0.1) is 23.7 Å². The molecule has 222 valence electrons. The van der Waals surface area contributed by atoms with Crippen molar-refractivity contribution in [2.45, 2.75) is 43.9 Å². The van der Waals surface area contributed by atoms with E-state index in [4.69, 9.17) is 15.2 Å². The number of allylic oxidation sites excluding steroid dienone is 3. The number of ether oxygens (including phenoxy) is 2. The second-order valence-corrected chi connectivity index (χ2v) is 13.3. The summed E-state index contributed by atoms with van der Waals surface area (Å²) in [5.74, 6) is 0.569. The fraction of sp³-hybridized carbons (Fsp3) is 0.323. The number of amides is 1. The molecule has 1 atom stereocenters. The van der Waals surface area contributed by atoms with E-state index in [0.717, 1.165) is 16.8 Å². The van der Waals surface area contributed by atoms with Crippen molar-refractivity contribution in [2.75, 3.05) is 30.2 Å². The third-order valence-electron chi connectivity index (χ3n) is 7.39. The average Bonchev–Trinajstić information content (AvgIpc) is 3.43. The van der Waals surface area contributed by atoms with Gasteiger partial charge in [0, 0.05) is 23.8 Å². The number of benzene rings is 2. The number of methoxy groups -OCH3 is 2. The van der Waals surface area contributed by atoms with Crippen LogP contribution in [0.25, 0.3) is 0 Å². The molecule has 0 fully saturated rings. The molecule has 1 aliphatic carbocycles. The lowest BCUT2D eigenvalue weighted by atomic mass is 9.68. The van der Waals surface area contributed by atoms with E-state index in [1.807, 2.05) is 45.0 Å². The van der Waals surface area contributed by atoms with Crippen LogP contribution < -0.4 is 25.4 Å². The standard InChI is InChI=1S/C31H32N6O4S2/c1-17-6-8-18(9-7-17)26-20(15-32)28(33)37(22-13-31(2,3)14-23(38)27(22)26)29-35-36-30(43-29)42-16-25(39)34-21-12-19(40-4)10-11-24(21)41-5/h6-12,26H,13-14,16,33H2,1-5H3,(H,34,39). The number of carbonyl (C=O) groups excluding carboxylic acids is 2. The van der Waals surface area contributed by atoms with E-state index < -0.39 is 5.92 Å². The highest BCUT2D eigenvalue weighted by molar-refractivity contribution is 8.01. The first-order valence-corrected chi connectivity index (χ1v) is 15.4. The van der Waals surface area contributed by atoms with E-state index in [1.54, 1.807) is 30.2 Å². The van der Waals surface area contributed by atoms with Crippen LogP contribution in [-0.2, 0) is 9.59 Å². The topological polar surface area (TPSA) is 143 Å². The summed E-state index contributed by atoms with van der Waals surface area (Å²) in [6.07, 6.45) is 0.938. The molecular formula is C31H32N6O4S2. The van der Waals surface area contributed by atoms with Crippen LogP contribution in [0.2, 0.25) is 0 Å². The number of nitrogens with zero attached hydrogens (tertiary/aromatic N) is 4. The molecule has 3 aromatic rings. The van der Waals surface area contributed by atoms with E-state index in [-0.39, 0.29) is 28.7 Å². The minimum atomic E-state index is -0.556. The largest absolute Gasteiger partial charge is 0.497 e. The number of nitriles is 1. The van der Waals surface area contributed by atoms with Gasteiger partial charge >= 0.3 is 0 Å². The van der Waals surface area contributed by atoms with Crippen molar-refractivity contribution in [3.63, 3.8) is 0 Å². The number of aromatic nitrogens is 2. The molecule has 1 aromatic heterocycles. The van der Waals surface area contributed by atoms with Gasteiger partial charge in [-0.3, -0.25) is 14.5 Å². The molecule has 0 saturated carbocycles. The van der Waals surface area contributed by atoms with Gasteiger partial charge < -0.3 is 20.5 Å². The summed E-state index contributed by atoms with van der Waals surface area (Å²) < 4.78 is 11.1. The number of aryl methyl sites for hydroxylation is 1. The highest BCUT2D eigenvalue weighted by Crippen LogP contribution is 2.50. The molecule has 0 bridgehead atoms. The number of hydrogen-bond acceptors (Lipinski definition) is 11. The number of rotatable bonds is 8. The number of anilines is 2. The zero-order valence-corrected chi connectivity index (χ0v) is 26.2. The van der Waals surface area contributed by atoms with Gasteiger partial charge in [-0.25, -0.2) is 0 Å². The predicted octanol–water partition coefficient (Wildman–Crippen LogP) is 5.54. The lowest BCUT2D eigenvalue weighted by molar-refractivity contribution is -0.118. The Balaban J connectivity index is 1.43. The van der Waals surface area contributed by atoms with Gasteiger partial charge in [0.1, 0.15) is 17.3 Å². The molecule has 5 rings (SSSR count). The van der Waals surface area contributed by atoms with E-state index in [9.17, 15) is 14.9 Å². The number of Topliss-reactive ketones (excluding diaryl/α,β-unsaturated/α-hetero) is 1. The van der Waals surface area contributed by atoms with Crippen molar-refractivity contribution in [3.05, 3.63) is 76.3 Å². The quantitative estimate of drug-likeness (QED) is 0.310. The highest BCUT2D eigenvalue weighted by atomic mass is 32.2. The summed E-state index contributed by atoms with van der Waals surface area (Å²) in [7, 11) is 3.07. The Morgan fingerprint density at radius 1 is 1.19 bits per heavy atom. The number of nitrogens with two attached hydrogens (primary N) is 1. The minimum absolute atomic E-state index is 0.00849. The maximum atomic E-state index is 13.7. The van der Waals surface area contributed by atoms with Gasteiger partial charge in [-0.05, 0) is 36.5 Å². The number of ketones is 1. The van der Waals surface area contributed by atoms with Gasteiger partial charge in [-0.15, -0.1) is 10.2 Å². The minimum Gasteiger partial charge on any atom is -0.497 e. The molecule has 1 amide bonds. The fourth-order valence-electron chi connectivity index (χ4n) is 5.40. The van der Waals surface area contributed by atoms with Crippen LogP contribution in [0.15, 0.2) is 69.5 Å². The Morgan fingerprint density at radius 2 is 1.93 bits per heavy atom. The first kappa shape index (κ1) is 30.1. The number of carbonyl (C=O) groups is 2. The van der Waals surface area contributed by atoms with Gasteiger partial charge in [0.05, 0.1) is 43.2 Å². The van der Waals surface area contributed by atoms with Crippen LogP contribution >= 0.6 is 23.1 Å². The van der Waals surface area contributed by atoms with Gasteiger partial charge in [0.25, 0.3) is 0 Å². The molecule has 10 nitrogen and oxygen atoms in total. The lowest BCUT2D eigenvalue weighted by Crippen LogP contribution is -2.42. The normalized spacial score (nSPS) is 17.8. The highest BCUT2D eigenvalue weighted by Gasteiger charge is 2.45. The molecule has 0 spiro atoms. The van der Waals surface area contributed by atoms with Crippen molar-refractivity contribution in [1.82, 2.24) is 10.2 Å². The third kappa shape index (κ3) is 6.09. The van der Waals surface area contributed by atoms with Crippen LogP contribution in [0.4, 0.5) is 10.8 Å². The predicted molar refractivity (Wildman–Crippen MR) is 167 cm³/mol. The van der Waals surface area contributed by atoms with E-state index in [0.29, 0.717) is 50.6 Å². The molecule has 12 heteroatoms. The zero-order chi connectivity index (χ0) is 30.9. The summed E-state index contributed by atoms with van der Waals surface area (Å²) in [6, 6.07) is 15.3. The Kier molecular flexibility index (Phi) is 8.48. The van der Waals surface area contributed by atoms with Crippen molar-refractivity contribution in [3.8, 4) is 17.6 Å². The maximum absolute atomic E-state index is 13.7. The van der Waals surface area contributed by atoms with Gasteiger partial charge in [-0.1, -0.05) is 66.8 Å². The molecule has 0 radical (unpaired) electrons. The van der Waals surface area contributed by atoms with E-state index in [1.165, 1.54) is 30.2 Å². The summed E-state index contributed by atoms with van der Waals surface area (Å²) >= 11 is 2.47. The molecular weight excluding hydrogens is 585 g/mol. The van der Waals surface area contributed by atoms with Crippen LogP contribution in [0.3, 0.4) is 0 Å². The van der Waals surface area contributed by atoms with E-state index >= 15 is 0 Å². The van der Waals surface area contributed by atoms with Gasteiger partial charge in [0.2, 0.25) is 11.0 Å². The molecule has 2 heterocycles. The number of hydrogen-bond donors (Lipinski definition) is 2.